The minimum Gasteiger partial charge on any atom is -0.370 e. The molecule has 0 saturated heterocycles. The van der Waals surface area contributed by atoms with Crippen LogP contribution in [0.1, 0.15) is 5.56 Å². The van der Waals surface area contributed by atoms with E-state index in [1.165, 1.54) is 5.56 Å². The average Bonchev–Trinajstić information content (AvgIpc) is 3.20. The molecule has 0 aliphatic rings. The number of nitrogens with zero attached hydrogens (tertiary/aromatic N) is 3. The zero-order valence-electron chi connectivity index (χ0n) is 14.5. The van der Waals surface area contributed by atoms with Crippen LogP contribution in [0.25, 0.3) is 22.8 Å². The van der Waals surface area contributed by atoms with E-state index in [0.717, 1.165) is 23.4 Å². The molecule has 0 atom stereocenters. The standard InChI is InChI=1S/C22H19N3O/c1-25(16-17-8-4-2-5-9-17)20-14-12-18(13-15-20)21-23-22(26-24-21)19-10-6-3-7-11-19/h2-15H,16H2,1H3. The molecule has 0 aliphatic heterocycles. The average molecular weight is 341 g/mol. The van der Waals surface area contributed by atoms with Crippen LogP contribution in [-0.2, 0) is 6.54 Å². The van der Waals surface area contributed by atoms with Crippen LogP contribution in [0, 0.1) is 0 Å². The fourth-order valence-electron chi connectivity index (χ4n) is 2.85. The highest BCUT2D eigenvalue weighted by molar-refractivity contribution is 5.62. The summed E-state index contributed by atoms with van der Waals surface area (Å²) >= 11 is 0. The van der Waals surface area contributed by atoms with Crippen molar-refractivity contribution in [1.82, 2.24) is 10.1 Å². The first kappa shape index (κ1) is 16.1. The summed E-state index contributed by atoms with van der Waals surface area (Å²) in [4.78, 5) is 6.71. The number of rotatable bonds is 5. The molecule has 3 aromatic carbocycles. The van der Waals surface area contributed by atoms with Gasteiger partial charge >= 0.3 is 0 Å². The summed E-state index contributed by atoms with van der Waals surface area (Å²) in [6.45, 7) is 0.862. The van der Waals surface area contributed by atoms with Crippen LogP contribution in [0.5, 0.6) is 0 Å². The van der Waals surface area contributed by atoms with Gasteiger partial charge in [-0.1, -0.05) is 53.7 Å². The number of aromatic nitrogens is 2. The molecule has 0 bridgehead atoms. The third kappa shape index (κ3) is 3.49. The molecule has 0 N–H and O–H groups in total. The van der Waals surface area contributed by atoms with E-state index in [0.29, 0.717) is 11.7 Å². The topological polar surface area (TPSA) is 42.2 Å². The molecule has 1 aromatic heterocycles. The molecule has 0 amide bonds. The summed E-state index contributed by atoms with van der Waals surface area (Å²) < 4.78 is 5.39. The normalized spacial score (nSPS) is 10.7. The van der Waals surface area contributed by atoms with Gasteiger partial charge in [0.05, 0.1) is 0 Å². The van der Waals surface area contributed by atoms with Gasteiger partial charge in [0.1, 0.15) is 0 Å². The first-order chi connectivity index (χ1) is 12.8. The predicted octanol–water partition coefficient (Wildman–Crippen LogP) is 5.04. The Morgan fingerprint density at radius 3 is 2.12 bits per heavy atom. The van der Waals surface area contributed by atoms with Gasteiger partial charge in [-0.25, -0.2) is 0 Å². The molecule has 128 valence electrons. The van der Waals surface area contributed by atoms with E-state index in [9.17, 15) is 0 Å². The Hall–Kier alpha value is -3.40. The smallest absolute Gasteiger partial charge is 0.258 e. The molecule has 26 heavy (non-hydrogen) atoms. The first-order valence-corrected chi connectivity index (χ1v) is 8.54. The van der Waals surface area contributed by atoms with Crippen LogP contribution in [-0.4, -0.2) is 17.2 Å². The molecule has 0 spiro atoms. The molecule has 0 unspecified atom stereocenters. The summed E-state index contributed by atoms with van der Waals surface area (Å²) in [6.07, 6.45) is 0. The summed E-state index contributed by atoms with van der Waals surface area (Å²) in [6, 6.07) is 28.4. The van der Waals surface area contributed by atoms with E-state index in [-0.39, 0.29) is 0 Å². The zero-order chi connectivity index (χ0) is 17.8. The molecule has 4 heteroatoms. The van der Waals surface area contributed by atoms with Gasteiger partial charge in [-0.3, -0.25) is 0 Å². The number of anilines is 1. The molecule has 4 rings (SSSR count). The second kappa shape index (κ2) is 7.23. The molecular formula is C22H19N3O. The second-order valence-corrected chi connectivity index (χ2v) is 6.18. The Labute approximate surface area is 152 Å². The van der Waals surface area contributed by atoms with Crippen LogP contribution in [0.2, 0.25) is 0 Å². The quantitative estimate of drug-likeness (QED) is 0.510. The largest absolute Gasteiger partial charge is 0.370 e. The van der Waals surface area contributed by atoms with Crippen LogP contribution in [0.3, 0.4) is 0 Å². The molecular weight excluding hydrogens is 322 g/mol. The maximum atomic E-state index is 5.39. The Balaban J connectivity index is 1.50. The van der Waals surface area contributed by atoms with Gasteiger partial charge in [-0.05, 0) is 42.0 Å². The molecule has 0 fully saturated rings. The SMILES string of the molecule is CN(Cc1ccccc1)c1ccc(-c2noc(-c3ccccc3)n2)cc1. The van der Waals surface area contributed by atoms with Crippen LogP contribution in [0.4, 0.5) is 5.69 Å². The van der Waals surface area contributed by atoms with E-state index < -0.39 is 0 Å². The highest BCUT2D eigenvalue weighted by Gasteiger charge is 2.11. The van der Waals surface area contributed by atoms with Gasteiger partial charge in [0.15, 0.2) is 0 Å². The predicted molar refractivity (Wildman–Crippen MR) is 104 cm³/mol. The van der Waals surface area contributed by atoms with Crippen molar-refractivity contribution in [3.63, 3.8) is 0 Å². The molecule has 0 saturated carbocycles. The number of hydrogen-bond donors (Lipinski definition) is 0. The van der Waals surface area contributed by atoms with Crippen molar-refractivity contribution in [2.24, 2.45) is 0 Å². The van der Waals surface area contributed by atoms with Crippen molar-refractivity contribution in [3.05, 3.63) is 90.5 Å². The van der Waals surface area contributed by atoms with Crippen LogP contribution < -0.4 is 4.90 Å². The Kier molecular flexibility index (Phi) is 4.48. The fourth-order valence-corrected chi connectivity index (χ4v) is 2.85. The lowest BCUT2D eigenvalue weighted by Gasteiger charge is -2.19. The third-order valence-corrected chi connectivity index (χ3v) is 4.28. The van der Waals surface area contributed by atoms with Crippen molar-refractivity contribution in [2.75, 3.05) is 11.9 Å². The summed E-state index contributed by atoms with van der Waals surface area (Å²) in [7, 11) is 2.09. The Bertz CT molecular complexity index is 963. The maximum Gasteiger partial charge on any atom is 0.258 e. The van der Waals surface area contributed by atoms with Crippen molar-refractivity contribution >= 4 is 5.69 Å². The summed E-state index contributed by atoms with van der Waals surface area (Å²) in [5.41, 5.74) is 4.28. The van der Waals surface area contributed by atoms with E-state index in [2.05, 4.69) is 58.5 Å². The first-order valence-electron chi connectivity index (χ1n) is 8.54. The van der Waals surface area contributed by atoms with Gasteiger partial charge in [0.2, 0.25) is 5.82 Å². The highest BCUT2D eigenvalue weighted by atomic mass is 16.5. The van der Waals surface area contributed by atoms with Gasteiger partial charge in [0.25, 0.3) is 5.89 Å². The zero-order valence-corrected chi connectivity index (χ0v) is 14.5. The maximum absolute atomic E-state index is 5.39. The highest BCUT2D eigenvalue weighted by Crippen LogP contribution is 2.24. The van der Waals surface area contributed by atoms with Crippen LogP contribution >= 0.6 is 0 Å². The van der Waals surface area contributed by atoms with Crippen molar-refractivity contribution in [2.45, 2.75) is 6.54 Å². The molecule has 4 nitrogen and oxygen atoms in total. The Morgan fingerprint density at radius 2 is 1.42 bits per heavy atom. The lowest BCUT2D eigenvalue weighted by Crippen LogP contribution is -2.16. The van der Waals surface area contributed by atoms with Crippen molar-refractivity contribution < 1.29 is 4.52 Å². The van der Waals surface area contributed by atoms with Gasteiger partial charge in [-0.2, -0.15) is 4.98 Å². The fraction of sp³-hybridized carbons (Fsp3) is 0.0909. The lowest BCUT2D eigenvalue weighted by atomic mass is 10.1. The molecule has 1 heterocycles. The second-order valence-electron chi connectivity index (χ2n) is 6.18. The monoisotopic (exact) mass is 341 g/mol. The lowest BCUT2D eigenvalue weighted by molar-refractivity contribution is 0.432. The van der Waals surface area contributed by atoms with Crippen LogP contribution in [0.15, 0.2) is 89.5 Å². The van der Waals surface area contributed by atoms with E-state index in [1.54, 1.807) is 0 Å². The molecule has 4 aromatic rings. The summed E-state index contributed by atoms with van der Waals surface area (Å²) in [5.74, 6) is 1.13. The van der Waals surface area contributed by atoms with Crippen molar-refractivity contribution in [3.8, 4) is 22.8 Å². The van der Waals surface area contributed by atoms with Crippen molar-refractivity contribution in [1.29, 1.82) is 0 Å². The summed E-state index contributed by atoms with van der Waals surface area (Å²) in [5, 5.41) is 4.11. The molecule has 0 aliphatic carbocycles. The van der Waals surface area contributed by atoms with Gasteiger partial charge in [0, 0.05) is 30.4 Å². The van der Waals surface area contributed by atoms with E-state index in [4.69, 9.17) is 4.52 Å². The minimum absolute atomic E-state index is 0.533. The van der Waals surface area contributed by atoms with E-state index >= 15 is 0 Å². The minimum atomic E-state index is 0.533. The number of benzene rings is 3. The number of hydrogen-bond acceptors (Lipinski definition) is 4. The molecule has 0 radical (unpaired) electrons. The van der Waals surface area contributed by atoms with Gasteiger partial charge in [-0.15, -0.1) is 0 Å². The third-order valence-electron chi connectivity index (χ3n) is 4.28. The van der Waals surface area contributed by atoms with E-state index in [1.807, 2.05) is 48.5 Å². The Morgan fingerprint density at radius 1 is 0.769 bits per heavy atom. The van der Waals surface area contributed by atoms with Gasteiger partial charge < -0.3 is 9.42 Å².